The molecule has 0 bridgehead atoms. The molecule has 2 heterocycles. The number of ether oxygens (including phenoxy) is 2. The molecule has 11 heteroatoms. The van der Waals surface area contributed by atoms with E-state index in [2.05, 4.69) is 20.4 Å². The molecule has 0 saturated carbocycles. The Bertz CT molecular complexity index is 974. The fourth-order valence-corrected chi connectivity index (χ4v) is 3.44. The summed E-state index contributed by atoms with van der Waals surface area (Å²) in [5.74, 6) is 0.987. The average Bonchev–Trinajstić information content (AvgIpc) is 3.37. The van der Waals surface area contributed by atoms with Gasteiger partial charge in [0.1, 0.15) is 24.2 Å². The largest absolute Gasteiger partial charge is 0.497 e. The zero-order valence-electron chi connectivity index (χ0n) is 17.0. The molecule has 3 rings (SSSR count). The maximum absolute atomic E-state index is 12.5. The number of benzene rings is 1. The van der Waals surface area contributed by atoms with Crippen LogP contribution in [0.15, 0.2) is 30.9 Å². The van der Waals surface area contributed by atoms with Crippen LogP contribution in [0, 0.1) is 12.8 Å². The molecule has 0 radical (unpaired) electrons. The van der Waals surface area contributed by atoms with E-state index >= 15 is 0 Å². The standard InChI is InChI=1S/C18H21N5O3S.CH2O2/c1-11(8-23-10-19-9-20-23)17(24)22-18-21-16(12(2)27-18)14-6-5-13(25-3)7-15(14)26-4;2-1-3/h5-7,9-11H,8H2,1-4H3,(H,21,22,24);1H,(H,2,3). The number of hydrogen-bond acceptors (Lipinski definition) is 8. The van der Waals surface area contributed by atoms with Gasteiger partial charge in [0.05, 0.1) is 32.4 Å². The molecule has 1 aromatic carbocycles. The first-order valence-electron chi connectivity index (χ1n) is 8.84. The lowest BCUT2D eigenvalue weighted by Gasteiger charge is -2.10. The van der Waals surface area contributed by atoms with Gasteiger partial charge >= 0.3 is 0 Å². The molecule has 2 N–H and O–H groups in total. The molecule has 160 valence electrons. The lowest BCUT2D eigenvalue weighted by atomic mass is 10.1. The van der Waals surface area contributed by atoms with Gasteiger partial charge in [0.25, 0.3) is 6.47 Å². The molecular formula is C19H23N5O5S. The average molecular weight is 433 g/mol. The summed E-state index contributed by atoms with van der Waals surface area (Å²) in [5.41, 5.74) is 1.63. The summed E-state index contributed by atoms with van der Waals surface area (Å²) < 4.78 is 12.3. The second kappa shape index (κ2) is 10.9. The van der Waals surface area contributed by atoms with Gasteiger partial charge in [-0.05, 0) is 19.1 Å². The predicted octanol–water partition coefficient (Wildman–Crippen LogP) is 2.70. The predicted molar refractivity (Wildman–Crippen MR) is 112 cm³/mol. The quantitative estimate of drug-likeness (QED) is 0.544. The van der Waals surface area contributed by atoms with Crippen LogP contribution in [0.3, 0.4) is 0 Å². The van der Waals surface area contributed by atoms with Gasteiger partial charge in [0.2, 0.25) is 5.91 Å². The first kappa shape index (κ1) is 22.8. The van der Waals surface area contributed by atoms with Crippen molar-refractivity contribution < 1.29 is 24.2 Å². The number of nitrogens with one attached hydrogen (secondary N) is 1. The van der Waals surface area contributed by atoms with E-state index in [9.17, 15) is 4.79 Å². The van der Waals surface area contributed by atoms with E-state index in [-0.39, 0.29) is 18.3 Å². The highest BCUT2D eigenvalue weighted by atomic mass is 32.1. The molecule has 2 aromatic heterocycles. The molecule has 3 aromatic rings. The number of anilines is 1. The maximum Gasteiger partial charge on any atom is 0.290 e. The second-order valence-electron chi connectivity index (χ2n) is 6.10. The van der Waals surface area contributed by atoms with E-state index in [4.69, 9.17) is 19.4 Å². The van der Waals surface area contributed by atoms with E-state index in [1.807, 2.05) is 32.0 Å². The van der Waals surface area contributed by atoms with Crippen molar-refractivity contribution in [2.45, 2.75) is 20.4 Å². The van der Waals surface area contributed by atoms with Crippen molar-refractivity contribution in [3.63, 3.8) is 0 Å². The minimum Gasteiger partial charge on any atom is -0.497 e. The molecule has 0 aliphatic heterocycles. The van der Waals surface area contributed by atoms with Gasteiger partial charge in [0.15, 0.2) is 5.13 Å². The lowest BCUT2D eigenvalue weighted by molar-refractivity contribution is -0.123. The number of carboxylic acid groups (broad SMARTS) is 1. The van der Waals surface area contributed by atoms with Gasteiger partial charge in [-0.1, -0.05) is 6.92 Å². The van der Waals surface area contributed by atoms with Crippen LogP contribution in [0.4, 0.5) is 5.13 Å². The van der Waals surface area contributed by atoms with Crippen LogP contribution in [-0.2, 0) is 16.1 Å². The molecule has 10 nitrogen and oxygen atoms in total. The van der Waals surface area contributed by atoms with Crippen LogP contribution in [0.25, 0.3) is 11.3 Å². The number of aryl methyl sites for hydroxylation is 1. The highest BCUT2D eigenvalue weighted by Gasteiger charge is 2.19. The third kappa shape index (κ3) is 5.77. The summed E-state index contributed by atoms with van der Waals surface area (Å²) >= 11 is 1.43. The number of carbonyl (C=O) groups excluding carboxylic acids is 1. The van der Waals surface area contributed by atoms with Crippen LogP contribution >= 0.6 is 11.3 Å². The summed E-state index contributed by atoms with van der Waals surface area (Å²) in [4.78, 5) is 30.3. The summed E-state index contributed by atoms with van der Waals surface area (Å²) in [5, 5.41) is 14.4. The molecule has 1 amide bonds. The van der Waals surface area contributed by atoms with Crippen molar-refractivity contribution in [1.82, 2.24) is 19.7 Å². The molecule has 30 heavy (non-hydrogen) atoms. The van der Waals surface area contributed by atoms with Crippen molar-refractivity contribution in [3.8, 4) is 22.8 Å². The van der Waals surface area contributed by atoms with Crippen LogP contribution in [-0.4, -0.2) is 51.5 Å². The Hall–Kier alpha value is -3.47. The summed E-state index contributed by atoms with van der Waals surface area (Å²) in [6, 6.07) is 5.57. The first-order chi connectivity index (χ1) is 14.4. The van der Waals surface area contributed by atoms with Gasteiger partial charge in [-0.2, -0.15) is 5.10 Å². The number of aromatic nitrogens is 4. The molecule has 1 atom stereocenters. The number of rotatable bonds is 7. The van der Waals surface area contributed by atoms with Gasteiger partial charge < -0.3 is 19.9 Å². The molecule has 0 spiro atoms. The van der Waals surface area contributed by atoms with Crippen molar-refractivity contribution in [3.05, 3.63) is 35.7 Å². The molecule has 0 aliphatic carbocycles. The van der Waals surface area contributed by atoms with Crippen LogP contribution in [0.2, 0.25) is 0 Å². The van der Waals surface area contributed by atoms with Gasteiger partial charge in [0, 0.05) is 16.5 Å². The van der Waals surface area contributed by atoms with Gasteiger partial charge in [-0.15, -0.1) is 11.3 Å². The topological polar surface area (TPSA) is 128 Å². The highest BCUT2D eigenvalue weighted by molar-refractivity contribution is 7.16. The fraction of sp³-hybridized carbons (Fsp3) is 0.316. The van der Waals surface area contributed by atoms with E-state index in [1.165, 1.54) is 17.7 Å². The van der Waals surface area contributed by atoms with Crippen molar-refractivity contribution >= 4 is 28.8 Å². The number of hydrogen-bond donors (Lipinski definition) is 2. The molecule has 1 unspecified atom stereocenters. The normalized spacial score (nSPS) is 11.1. The SMILES string of the molecule is COc1ccc(-c2nc(NC(=O)C(C)Cn3cncn3)sc2C)c(OC)c1.O=CO. The van der Waals surface area contributed by atoms with Crippen LogP contribution < -0.4 is 14.8 Å². The number of amides is 1. The molecule has 0 fully saturated rings. The van der Waals surface area contributed by atoms with Crippen LogP contribution in [0.1, 0.15) is 11.8 Å². The van der Waals surface area contributed by atoms with Crippen LogP contribution in [0.5, 0.6) is 11.5 Å². The number of carbonyl (C=O) groups is 2. The number of methoxy groups -OCH3 is 2. The molecule has 0 aliphatic rings. The van der Waals surface area contributed by atoms with Gasteiger partial charge in [-0.25, -0.2) is 9.97 Å². The smallest absolute Gasteiger partial charge is 0.290 e. The van der Waals surface area contributed by atoms with Crippen molar-refractivity contribution in [2.75, 3.05) is 19.5 Å². The lowest BCUT2D eigenvalue weighted by Crippen LogP contribution is -2.24. The Balaban J connectivity index is 0.00000101. The minimum atomic E-state index is -0.269. The molecule has 0 saturated heterocycles. The Labute approximate surface area is 177 Å². The van der Waals surface area contributed by atoms with Gasteiger partial charge in [-0.3, -0.25) is 14.3 Å². The number of nitrogens with zero attached hydrogens (tertiary/aromatic N) is 4. The third-order valence-electron chi connectivity index (χ3n) is 4.07. The highest BCUT2D eigenvalue weighted by Crippen LogP contribution is 2.37. The zero-order valence-corrected chi connectivity index (χ0v) is 17.8. The minimum absolute atomic E-state index is 0.118. The second-order valence-corrected chi connectivity index (χ2v) is 7.31. The fourth-order valence-electron chi connectivity index (χ4n) is 2.61. The third-order valence-corrected chi connectivity index (χ3v) is 4.95. The zero-order chi connectivity index (χ0) is 22.1. The summed E-state index contributed by atoms with van der Waals surface area (Å²) in [6.07, 6.45) is 3.04. The van der Waals surface area contributed by atoms with Crippen molar-refractivity contribution in [2.24, 2.45) is 5.92 Å². The Morgan fingerprint density at radius 1 is 1.37 bits per heavy atom. The van der Waals surface area contributed by atoms with E-state index in [1.54, 1.807) is 25.2 Å². The first-order valence-corrected chi connectivity index (χ1v) is 9.66. The summed E-state index contributed by atoms with van der Waals surface area (Å²) in [6.45, 7) is 4.01. The van der Waals surface area contributed by atoms with E-state index < -0.39 is 0 Å². The van der Waals surface area contributed by atoms with E-state index in [0.29, 0.717) is 23.2 Å². The summed E-state index contributed by atoms with van der Waals surface area (Å²) in [7, 11) is 3.21. The Morgan fingerprint density at radius 3 is 2.70 bits per heavy atom. The Morgan fingerprint density at radius 2 is 2.10 bits per heavy atom. The Kier molecular flexibility index (Phi) is 8.29. The van der Waals surface area contributed by atoms with Crippen molar-refractivity contribution in [1.29, 1.82) is 0 Å². The van der Waals surface area contributed by atoms with E-state index in [0.717, 1.165) is 16.1 Å². The molecular weight excluding hydrogens is 410 g/mol. The monoisotopic (exact) mass is 433 g/mol. The maximum atomic E-state index is 12.5. The number of thiazole rings is 1.